The molecular formula is C19H23NO3S. The maximum Gasteiger partial charge on any atom is 0.218 e. The van der Waals surface area contributed by atoms with Crippen molar-refractivity contribution in [3.05, 3.63) is 71.3 Å². The minimum atomic E-state index is -3.37. The van der Waals surface area contributed by atoms with Gasteiger partial charge >= 0.3 is 0 Å². The van der Waals surface area contributed by atoms with E-state index in [-0.39, 0.29) is 18.0 Å². The minimum Gasteiger partial charge on any atom is -0.368 e. The van der Waals surface area contributed by atoms with Crippen LogP contribution in [0.3, 0.4) is 0 Å². The third-order valence-electron chi connectivity index (χ3n) is 4.26. The molecule has 1 heterocycles. The lowest BCUT2D eigenvalue weighted by Gasteiger charge is -2.36. The van der Waals surface area contributed by atoms with Gasteiger partial charge in [-0.1, -0.05) is 60.2 Å². The highest BCUT2D eigenvalue weighted by Crippen LogP contribution is 2.27. The van der Waals surface area contributed by atoms with Gasteiger partial charge in [0, 0.05) is 13.1 Å². The first-order valence-corrected chi connectivity index (χ1v) is 9.79. The van der Waals surface area contributed by atoms with Gasteiger partial charge in [-0.25, -0.2) is 8.42 Å². The number of hydrogen-bond donors (Lipinski definition) is 0. The van der Waals surface area contributed by atoms with E-state index in [4.69, 9.17) is 4.74 Å². The van der Waals surface area contributed by atoms with Gasteiger partial charge in [0.1, 0.15) is 0 Å². The van der Waals surface area contributed by atoms with Crippen LogP contribution in [0.25, 0.3) is 0 Å². The van der Waals surface area contributed by atoms with E-state index < -0.39 is 10.0 Å². The maximum atomic E-state index is 12.8. The third-order valence-corrected chi connectivity index (χ3v) is 6.04. The maximum absolute atomic E-state index is 12.8. The first-order valence-electron chi connectivity index (χ1n) is 8.18. The summed E-state index contributed by atoms with van der Waals surface area (Å²) >= 11 is 0. The van der Waals surface area contributed by atoms with Crippen LogP contribution in [-0.4, -0.2) is 31.9 Å². The molecule has 4 nitrogen and oxygen atoms in total. The second-order valence-corrected chi connectivity index (χ2v) is 8.37. The summed E-state index contributed by atoms with van der Waals surface area (Å²) in [5.74, 6) is 0.0293. The molecular weight excluding hydrogens is 322 g/mol. The first-order chi connectivity index (χ1) is 11.4. The van der Waals surface area contributed by atoms with Crippen molar-refractivity contribution in [3.8, 4) is 0 Å². The van der Waals surface area contributed by atoms with Crippen molar-refractivity contribution in [2.24, 2.45) is 0 Å². The highest BCUT2D eigenvalue weighted by Gasteiger charge is 2.33. The second kappa shape index (κ2) is 7.05. The zero-order valence-electron chi connectivity index (χ0n) is 14.1. The Morgan fingerprint density at radius 3 is 2.38 bits per heavy atom. The van der Waals surface area contributed by atoms with E-state index in [0.29, 0.717) is 13.1 Å². The minimum absolute atomic E-state index is 0.0293. The Bertz CT molecular complexity index is 772. The molecule has 0 N–H and O–H groups in total. The van der Waals surface area contributed by atoms with E-state index in [1.54, 1.807) is 4.31 Å². The lowest BCUT2D eigenvalue weighted by atomic mass is 10.1. The zero-order valence-corrected chi connectivity index (χ0v) is 14.9. The summed E-state index contributed by atoms with van der Waals surface area (Å²) in [5, 5.41) is 0. The van der Waals surface area contributed by atoms with Gasteiger partial charge in [0.25, 0.3) is 0 Å². The molecule has 128 valence electrons. The van der Waals surface area contributed by atoms with Gasteiger partial charge in [-0.15, -0.1) is 0 Å². The fourth-order valence-corrected chi connectivity index (χ4v) is 4.57. The molecule has 1 aliphatic heterocycles. The van der Waals surface area contributed by atoms with Crippen molar-refractivity contribution in [2.45, 2.75) is 31.8 Å². The third kappa shape index (κ3) is 4.04. The van der Waals surface area contributed by atoms with Crippen molar-refractivity contribution in [3.63, 3.8) is 0 Å². The average molecular weight is 345 g/mol. The van der Waals surface area contributed by atoms with E-state index in [2.05, 4.69) is 0 Å². The van der Waals surface area contributed by atoms with Crippen LogP contribution in [0.1, 0.15) is 29.7 Å². The number of morpholine rings is 1. The molecule has 1 saturated heterocycles. The lowest BCUT2D eigenvalue weighted by Crippen LogP contribution is -2.46. The molecule has 0 bridgehead atoms. The molecule has 3 rings (SSSR count). The fourth-order valence-electron chi connectivity index (χ4n) is 2.98. The Balaban J connectivity index is 1.78. The number of aryl methyl sites for hydroxylation is 1. The Morgan fingerprint density at radius 2 is 1.71 bits per heavy atom. The molecule has 2 aromatic carbocycles. The summed E-state index contributed by atoms with van der Waals surface area (Å²) in [6.45, 7) is 4.68. The van der Waals surface area contributed by atoms with E-state index in [1.165, 1.54) is 0 Å². The van der Waals surface area contributed by atoms with Crippen molar-refractivity contribution in [1.82, 2.24) is 4.31 Å². The molecule has 0 aromatic heterocycles. The number of sulfonamides is 1. The molecule has 2 unspecified atom stereocenters. The van der Waals surface area contributed by atoms with Crippen LogP contribution in [0.5, 0.6) is 0 Å². The van der Waals surface area contributed by atoms with Crippen molar-refractivity contribution >= 4 is 10.0 Å². The van der Waals surface area contributed by atoms with Crippen LogP contribution in [0.4, 0.5) is 0 Å². The molecule has 0 aliphatic carbocycles. The van der Waals surface area contributed by atoms with Crippen molar-refractivity contribution < 1.29 is 13.2 Å². The van der Waals surface area contributed by atoms with Gasteiger partial charge in [-0.05, 0) is 25.0 Å². The fraction of sp³-hybridized carbons (Fsp3) is 0.368. The standard InChI is InChI=1S/C19H23NO3S/c1-15-8-10-17(11-9-15)14-24(21,22)20-12-16(2)23-19(13-20)18-6-4-3-5-7-18/h3-11,16,19H,12-14H2,1-2H3. The highest BCUT2D eigenvalue weighted by molar-refractivity contribution is 7.88. The SMILES string of the molecule is Cc1ccc(CS(=O)(=O)N2CC(C)OC(c3ccccc3)C2)cc1. The lowest BCUT2D eigenvalue weighted by molar-refractivity contribution is -0.0557. The van der Waals surface area contributed by atoms with Gasteiger partial charge < -0.3 is 4.74 Å². The van der Waals surface area contributed by atoms with Crippen LogP contribution in [0.15, 0.2) is 54.6 Å². The van der Waals surface area contributed by atoms with Crippen LogP contribution < -0.4 is 0 Å². The molecule has 24 heavy (non-hydrogen) atoms. The van der Waals surface area contributed by atoms with E-state index in [0.717, 1.165) is 16.7 Å². The van der Waals surface area contributed by atoms with Crippen molar-refractivity contribution in [1.29, 1.82) is 0 Å². The summed E-state index contributed by atoms with van der Waals surface area (Å²) in [6, 6.07) is 17.4. The Morgan fingerprint density at radius 1 is 1.04 bits per heavy atom. The Hall–Kier alpha value is -1.69. The number of rotatable bonds is 4. The van der Waals surface area contributed by atoms with Gasteiger partial charge in [0.15, 0.2) is 0 Å². The molecule has 0 spiro atoms. The van der Waals surface area contributed by atoms with Crippen LogP contribution >= 0.6 is 0 Å². The molecule has 2 atom stereocenters. The molecule has 1 aliphatic rings. The molecule has 2 aromatic rings. The number of ether oxygens (including phenoxy) is 1. The van der Waals surface area contributed by atoms with Gasteiger partial charge in [-0.2, -0.15) is 4.31 Å². The van der Waals surface area contributed by atoms with Crippen LogP contribution in [0.2, 0.25) is 0 Å². The smallest absolute Gasteiger partial charge is 0.218 e. The summed E-state index contributed by atoms with van der Waals surface area (Å²) in [4.78, 5) is 0. The number of nitrogens with zero attached hydrogens (tertiary/aromatic N) is 1. The zero-order chi connectivity index (χ0) is 17.2. The first kappa shape index (κ1) is 17.1. The number of hydrogen-bond acceptors (Lipinski definition) is 3. The van der Waals surface area contributed by atoms with E-state index in [9.17, 15) is 8.42 Å². The summed E-state index contributed by atoms with van der Waals surface area (Å²) in [7, 11) is -3.37. The molecule has 5 heteroatoms. The number of benzene rings is 2. The topological polar surface area (TPSA) is 46.6 Å². The van der Waals surface area contributed by atoms with Gasteiger partial charge in [-0.3, -0.25) is 0 Å². The van der Waals surface area contributed by atoms with Gasteiger partial charge in [0.2, 0.25) is 10.0 Å². The quantitative estimate of drug-likeness (QED) is 0.854. The molecule has 1 fully saturated rings. The molecule has 0 saturated carbocycles. The normalized spacial score (nSPS) is 22.4. The Labute approximate surface area is 144 Å². The van der Waals surface area contributed by atoms with Crippen LogP contribution in [-0.2, 0) is 20.5 Å². The highest BCUT2D eigenvalue weighted by atomic mass is 32.2. The average Bonchev–Trinajstić information content (AvgIpc) is 2.57. The molecule has 0 amide bonds. The predicted octanol–water partition coefficient (Wildman–Crippen LogP) is 3.29. The second-order valence-electron chi connectivity index (χ2n) is 6.40. The Kier molecular flexibility index (Phi) is 5.04. The van der Waals surface area contributed by atoms with Crippen molar-refractivity contribution in [2.75, 3.05) is 13.1 Å². The summed E-state index contributed by atoms with van der Waals surface area (Å²) in [6.07, 6.45) is -0.348. The monoisotopic (exact) mass is 345 g/mol. The summed E-state index contributed by atoms with van der Waals surface area (Å²) in [5.41, 5.74) is 2.95. The largest absolute Gasteiger partial charge is 0.368 e. The van der Waals surface area contributed by atoms with Gasteiger partial charge in [0.05, 0.1) is 18.0 Å². The molecule has 0 radical (unpaired) electrons. The van der Waals surface area contributed by atoms with E-state index in [1.807, 2.05) is 68.4 Å². The van der Waals surface area contributed by atoms with Crippen LogP contribution in [0, 0.1) is 6.92 Å². The summed E-state index contributed by atoms with van der Waals surface area (Å²) < 4.78 is 33.2. The van der Waals surface area contributed by atoms with E-state index >= 15 is 0 Å². The predicted molar refractivity (Wildman–Crippen MR) is 95.1 cm³/mol.